The zero-order valence-electron chi connectivity index (χ0n) is 13.6. The Morgan fingerprint density at radius 3 is 2.32 bits per heavy atom. The van der Waals surface area contributed by atoms with Gasteiger partial charge in [0.2, 0.25) is 5.91 Å². The summed E-state index contributed by atoms with van der Waals surface area (Å²) in [6.45, 7) is 5.05. The molecule has 5 heteroatoms. The van der Waals surface area contributed by atoms with Gasteiger partial charge >= 0.3 is 5.97 Å². The molecule has 2 N–H and O–H groups in total. The quantitative estimate of drug-likeness (QED) is 0.738. The molecule has 0 aliphatic heterocycles. The molecule has 0 saturated heterocycles. The Hall–Kier alpha value is -1.10. The van der Waals surface area contributed by atoms with E-state index in [2.05, 4.69) is 19.2 Å². The lowest BCUT2D eigenvalue weighted by molar-refractivity contribution is -0.170. The summed E-state index contributed by atoms with van der Waals surface area (Å²) in [5, 5.41) is 11.5. The van der Waals surface area contributed by atoms with Gasteiger partial charge in [-0.15, -0.1) is 0 Å². The number of amides is 1. The smallest absolute Gasteiger partial charge is 0.329 e. The normalized spacial score (nSPS) is 42.4. The van der Waals surface area contributed by atoms with E-state index in [1.165, 1.54) is 19.3 Å². The lowest BCUT2D eigenvalue weighted by Crippen LogP contribution is -2.60. The third-order valence-electron chi connectivity index (χ3n) is 5.87. The molecule has 4 aliphatic rings. The molecule has 4 fully saturated rings. The number of ether oxygens (including phenoxy) is 1. The highest BCUT2D eigenvalue weighted by molar-refractivity contribution is 5.83. The van der Waals surface area contributed by atoms with Gasteiger partial charge in [0.05, 0.1) is 12.0 Å². The van der Waals surface area contributed by atoms with E-state index in [-0.39, 0.29) is 24.5 Å². The molecule has 0 aromatic carbocycles. The number of aliphatic carboxylic acids is 1. The van der Waals surface area contributed by atoms with Crippen molar-refractivity contribution in [1.82, 2.24) is 5.32 Å². The highest BCUT2D eigenvalue weighted by atomic mass is 16.5. The zero-order chi connectivity index (χ0) is 16.0. The Morgan fingerprint density at radius 2 is 1.77 bits per heavy atom. The third-order valence-corrected chi connectivity index (χ3v) is 5.87. The second kappa shape index (κ2) is 5.22. The molecule has 5 nitrogen and oxygen atoms in total. The van der Waals surface area contributed by atoms with Crippen LogP contribution in [0.3, 0.4) is 0 Å². The number of carbonyl (C=O) groups excluding carboxylic acids is 1. The maximum absolute atomic E-state index is 12.8. The van der Waals surface area contributed by atoms with Crippen LogP contribution in [0.25, 0.3) is 0 Å². The minimum absolute atomic E-state index is 0.160. The van der Waals surface area contributed by atoms with Gasteiger partial charge in [0.25, 0.3) is 0 Å². The molecular formula is C17H27NO4. The predicted octanol–water partition coefficient (Wildman–Crippen LogP) is 2.20. The Balaban J connectivity index is 1.59. The number of nitrogens with one attached hydrogen (secondary N) is 1. The highest BCUT2D eigenvalue weighted by Crippen LogP contribution is 2.69. The van der Waals surface area contributed by atoms with E-state index in [1.54, 1.807) is 0 Å². The van der Waals surface area contributed by atoms with Crippen molar-refractivity contribution in [3.63, 3.8) is 0 Å². The van der Waals surface area contributed by atoms with Crippen molar-refractivity contribution >= 4 is 11.9 Å². The van der Waals surface area contributed by atoms with Crippen LogP contribution < -0.4 is 5.32 Å². The molecule has 4 saturated carbocycles. The molecular weight excluding hydrogens is 282 g/mol. The minimum Gasteiger partial charge on any atom is -0.480 e. The van der Waals surface area contributed by atoms with Crippen LogP contribution in [-0.4, -0.2) is 36.7 Å². The van der Waals surface area contributed by atoms with Crippen LogP contribution >= 0.6 is 0 Å². The van der Waals surface area contributed by atoms with E-state index in [4.69, 9.17) is 9.84 Å². The Morgan fingerprint density at radius 1 is 1.14 bits per heavy atom. The summed E-state index contributed by atoms with van der Waals surface area (Å²) in [5.74, 6) is -0.124. The summed E-state index contributed by atoms with van der Waals surface area (Å²) < 4.78 is 4.99. The zero-order valence-corrected chi connectivity index (χ0v) is 13.6. The van der Waals surface area contributed by atoms with Crippen molar-refractivity contribution in [2.24, 2.45) is 22.2 Å². The number of carbonyl (C=O) groups is 2. The molecule has 4 aliphatic carbocycles. The topological polar surface area (TPSA) is 75.6 Å². The molecule has 0 heterocycles. The maximum atomic E-state index is 12.8. The largest absolute Gasteiger partial charge is 0.480 e. The van der Waals surface area contributed by atoms with Gasteiger partial charge in [-0.25, -0.2) is 4.79 Å². The van der Waals surface area contributed by atoms with Crippen molar-refractivity contribution in [3.8, 4) is 0 Å². The minimum atomic E-state index is -0.978. The van der Waals surface area contributed by atoms with Gasteiger partial charge in [-0.05, 0) is 55.3 Å². The van der Waals surface area contributed by atoms with Crippen LogP contribution in [0.5, 0.6) is 0 Å². The average molecular weight is 309 g/mol. The van der Waals surface area contributed by atoms with Crippen LogP contribution in [0.4, 0.5) is 0 Å². The van der Waals surface area contributed by atoms with E-state index in [0.717, 1.165) is 19.3 Å². The molecule has 0 radical (unpaired) electrons. The monoisotopic (exact) mass is 309 g/mol. The molecule has 1 amide bonds. The van der Waals surface area contributed by atoms with Gasteiger partial charge in [0.15, 0.2) is 0 Å². The number of carboxylic acid groups (broad SMARTS) is 1. The molecule has 2 unspecified atom stereocenters. The first-order chi connectivity index (χ1) is 10.2. The Labute approximate surface area is 131 Å². The number of rotatable bonds is 6. The van der Waals surface area contributed by atoms with Crippen molar-refractivity contribution in [3.05, 3.63) is 0 Å². The second-order valence-corrected chi connectivity index (χ2v) is 8.61. The number of hydrogen-bond acceptors (Lipinski definition) is 3. The lowest BCUT2D eigenvalue weighted by atomic mass is 9.40. The molecule has 2 atom stereocenters. The SMILES string of the molecule is CC12CC3CC(C)(C1)CC(C(=O)NCCOCC(=O)O)(C3)C2. The van der Waals surface area contributed by atoms with E-state index in [0.29, 0.717) is 23.3 Å². The highest BCUT2D eigenvalue weighted by Gasteiger charge is 2.62. The Kier molecular flexibility index (Phi) is 3.75. The van der Waals surface area contributed by atoms with E-state index >= 15 is 0 Å². The van der Waals surface area contributed by atoms with Gasteiger partial charge in [0, 0.05) is 6.54 Å². The fraction of sp³-hybridized carbons (Fsp3) is 0.882. The molecule has 0 aromatic heterocycles. The van der Waals surface area contributed by atoms with Crippen molar-refractivity contribution < 1.29 is 19.4 Å². The average Bonchev–Trinajstić information content (AvgIpc) is 2.33. The van der Waals surface area contributed by atoms with Crippen LogP contribution in [0, 0.1) is 22.2 Å². The van der Waals surface area contributed by atoms with Gasteiger partial charge in [-0.2, -0.15) is 0 Å². The molecule has 4 rings (SSSR count). The number of carboxylic acids is 1. The first-order valence-electron chi connectivity index (χ1n) is 8.32. The summed E-state index contributed by atoms with van der Waals surface area (Å²) in [6.07, 6.45) is 6.85. The predicted molar refractivity (Wildman–Crippen MR) is 81.3 cm³/mol. The van der Waals surface area contributed by atoms with Crippen molar-refractivity contribution in [1.29, 1.82) is 0 Å². The molecule has 124 valence electrons. The first kappa shape index (κ1) is 15.8. The van der Waals surface area contributed by atoms with Gasteiger partial charge in [-0.1, -0.05) is 13.8 Å². The molecule has 22 heavy (non-hydrogen) atoms. The number of hydrogen-bond donors (Lipinski definition) is 2. The van der Waals surface area contributed by atoms with Gasteiger partial charge in [-0.3, -0.25) is 4.79 Å². The summed E-state index contributed by atoms with van der Waals surface area (Å²) in [5.41, 5.74) is 0.451. The standard InChI is InChI=1S/C17H27NO4/c1-15-5-12-6-16(2,9-15)11-17(7-12,10-15)14(21)18-3-4-22-8-13(19)20/h12H,3-11H2,1-2H3,(H,18,21)(H,19,20). The summed E-state index contributed by atoms with van der Waals surface area (Å²) in [4.78, 5) is 23.2. The van der Waals surface area contributed by atoms with Crippen LogP contribution in [0.15, 0.2) is 0 Å². The van der Waals surface area contributed by atoms with Crippen molar-refractivity contribution in [2.45, 2.75) is 52.4 Å². The van der Waals surface area contributed by atoms with Gasteiger partial charge in [0.1, 0.15) is 6.61 Å². The fourth-order valence-corrected chi connectivity index (χ4v) is 6.28. The first-order valence-corrected chi connectivity index (χ1v) is 8.32. The van der Waals surface area contributed by atoms with E-state index in [1.807, 2.05) is 0 Å². The van der Waals surface area contributed by atoms with Crippen LogP contribution in [-0.2, 0) is 14.3 Å². The molecule has 4 bridgehead atoms. The maximum Gasteiger partial charge on any atom is 0.329 e. The van der Waals surface area contributed by atoms with Crippen LogP contribution in [0.1, 0.15) is 52.4 Å². The summed E-state index contributed by atoms with van der Waals surface area (Å²) in [6, 6.07) is 0. The molecule has 0 aromatic rings. The third kappa shape index (κ3) is 2.87. The van der Waals surface area contributed by atoms with Crippen LogP contribution in [0.2, 0.25) is 0 Å². The van der Waals surface area contributed by atoms with Crippen molar-refractivity contribution in [2.75, 3.05) is 19.8 Å². The second-order valence-electron chi connectivity index (χ2n) is 8.61. The van der Waals surface area contributed by atoms with E-state index < -0.39 is 5.97 Å². The van der Waals surface area contributed by atoms with E-state index in [9.17, 15) is 9.59 Å². The summed E-state index contributed by atoms with van der Waals surface area (Å²) in [7, 11) is 0. The molecule has 0 spiro atoms. The van der Waals surface area contributed by atoms with Gasteiger partial charge < -0.3 is 15.2 Å². The fourth-order valence-electron chi connectivity index (χ4n) is 6.28. The summed E-state index contributed by atoms with van der Waals surface area (Å²) >= 11 is 0. The lowest BCUT2D eigenvalue weighted by Gasteiger charge is -2.64. The Bertz CT molecular complexity index is 471.